The Bertz CT molecular complexity index is 1300. The number of para-hydroxylation sites is 1. The monoisotopic (exact) mass is 450 g/mol. The molecule has 0 radical (unpaired) electrons. The number of ether oxygens (including phenoxy) is 3. The van der Waals surface area contributed by atoms with Crippen LogP contribution in [0.15, 0.2) is 47.3 Å². The van der Waals surface area contributed by atoms with Crippen LogP contribution >= 0.6 is 0 Å². The third kappa shape index (κ3) is 3.59. The number of methoxy groups -OCH3 is 3. The Morgan fingerprint density at radius 2 is 1.79 bits per heavy atom. The van der Waals surface area contributed by atoms with Crippen LogP contribution < -0.4 is 15.6 Å². The third-order valence-electron chi connectivity index (χ3n) is 5.53. The van der Waals surface area contributed by atoms with Crippen LogP contribution in [0.2, 0.25) is 0 Å². The zero-order valence-corrected chi connectivity index (χ0v) is 18.5. The highest BCUT2D eigenvalue weighted by atomic mass is 16.5. The molecule has 0 bridgehead atoms. The Morgan fingerprint density at radius 3 is 2.42 bits per heavy atom. The number of carbonyl (C=O) groups is 2. The van der Waals surface area contributed by atoms with Crippen molar-refractivity contribution >= 4 is 17.6 Å². The third-order valence-corrected chi connectivity index (χ3v) is 5.53. The Hall–Kier alpha value is -4.21. The van der Waals surface area contributed by atoms with Crippen molar-refractivity contribution in [1.82, 2.24) is 14.8 Å². The Labute approximate surface area is 189 Å². The topological polar surface area (TPSA) is 122 Å². The standard InChI is InChI=1S/C23H22N4O6/c1-13-6-5-7-16-18(13)25-23(22(30)33-4,12-17(28)32-3)27-20(16)24-21(29)19(26-27)14-8-10-15(31-2)11-9-14/h5-11,25H,12H2,1-4H3/t23-/m1/s1. The Kier molecular flexibility index (Phi) is 5.59. The van der Waals surface area contributed by atoms with E-state index in [9.17, 15) is 14.4 Å². The quantitative estimate of drug-likeness (QED) is 0.582. The molecule has 0 fully saturated rings. The van der Waals surface area contributed by atoms with Gasteiger partial charge in [-0.05, 0) is 42.8 Å². The first kappa shape index (κ1) is 22.0. The zero-order chi connectivity index (χ0) is 23.8. The molecule has 1 N–H and O–H groups in total. The van der Waals surface area contributed by atoms with Crippen LogP contribution in [-0.4, -0.2) is 48.0 Å². The maximum atomic E-state index is 13.2. The van der Waals surface area contributed by atoms with Crippen molar-refractivity contribution < 1.29 is 23.8 Å². The molecule has 2 heterocycles. The van der Waals surface area contributed by atoms with Gasteiger partial charge in [0.15, 0.2) is 11.5 Å². The van der Waals surface area contributed by atoms with Crippen LogP contribution in [0, 0.1) is 6.92 Å². The van der Waals surface area contributed by atoms with Crippen molar-refractivity contribution in [1.29, 1.82) is 0 Å². The van der Waals surface area contributed by atoms with E-state index in [4.69, 9.17) is 14.2 Å². The molecule has 2 aromatic carbocycles. The van der Waals surface area contributed by atoms with E-state index < -0.39 is 29.6 Å². The first-order valence-electron chi connectivity index (χ1n) is 10.0. The molecular formula is C23H22N4O6. The molecule has 1 atom stereocenters. The molecule has 10 nitrogen and oxygen atoms in total. The number of nitrogens with one attached hydrogen (secondary N) is 1. The average Bonchev–Trinajstić information content (AvgIpc) is 2.83. The van der Waals surface area contributed by atoms with E-state index in [1.807, 2.05) is 13.0 Å². The normalized spacial score (nSPS) is 16.1. The van der Waals surface area contributed by atoms with E-state index in [-0.39, 0.29) is 11.5 Å². The lowest BCUT2D eigenvalue weighted by Crippen LogP contribution is -2.55. The van der Waals surface area contributed by atoms with Gasteiger partial charge in [-0.25, -0.2) is 9.48 Å². The minimum absolute atomic E-state index is 0.00236. The van der Waals surface area contributed by atoms with Gasteiger partial charge in [0.2, 0.25) is 5.66 Å². The van der Waals surface area contributed by atoms with Crippen LogP contribution in [0.25, 0.3) is 22.6 Å². The van der Waals surface area contributed by atoms with Crippen molar-refractivity contribution in [3.05, 3.63) is 58.4 Å². The predicted octanol–water partition coefficient (Wildman–Crippen LogP) is 2.10. The lowest BCUT2D eigenvalue weighted by Gasteiger charge is -2.39. The van der Waals surface area contributed by atoms with Crippen molar-refractivity contribution in [2.45, 2.75) is 19.0 Å². The second-order valence-electron chi connectivity index (χ2n) is 7.46. The van der Waals surface area contributed by atoms with Crippen molar-refractivity contribution in [2.75, 3.05) is 26.6 Å². The van der Waals surface area contributed by atoms with E-state index in [2.05, 4.69) is 15.4 Å². The lowest BCUT2D eigenvalue weighted by molar-refractivity contribution is -0.157. The molecule has 1 aliphatic rings. The van der Waals surface area contributed by atoms with E-state index in [0.717, 1.165) is 5.56 Å². The molecule has 3 aromatic rings. The summed E-state index contributed by atoms with van der Waals surface area (Å²) in [6.45, 7) is 1.83. The molecule has 10 heteroatoms. The number of fused-ring (bicyclic) bond motifs is 3. The van der Waals surface area contributed by atoms with Gasteiger partial charge in [0, 0.05) is 11.1 Å². The van der Waals surface area contributed by atoms with Gasteiger partial charge in [-0.15, -0.1) is 0 Å². The summed E-state index contributed by atoms with van der Waals surface area (Å²) in [5.74, 6) is -0.737. The molecule has 0 unspecified atom stereocenters. The number of aromatic nitrogens is 3. The van der Waals surface area contributed by atoms with E-state index >= 15 is 0 Å². The number of anilines is 1. The number of hydrogen-bond donors (Lipinski definition) is 1. The van der Waals surface area contributed by atoms with Gasteiger partial charge < -0.3 is 19.5 Å². The highest BCUT2D eigenvalue weighted by molar-refractivity contribution is 5.92. The average molecular weight is 450 g/mol. The fraction of sp³-hybridized carbons (Fsp3) is 0.261. The fourth-order valence-electron chi connectivity index (χ4n) is 3.82. The molecule has 33 heavy (non-hydrogen) atoms. The number of esters is 2. The SMILES string of the molecule is COC(=O)C[C@@]1(C(=O)OC)Nc2c(C)cccc2-c2nc(=O)c(-c3ccc(OC)cc3)nn21. The van der Waals surface area contributed by atoms with E-state index in [0.29, 0.717) is 22.6 Å². The summed E-state index contributed by atoms with van der Waals surface area (Å²) in [5.41, 5.74) is -0.0584. The molecular weight excluding hydrogens is 428 g/mol. The maximum Gasteiger partial charge on any atom is 0.355 e. The van der Waals surface area contributed by atoms with Crippen LogP contribution in [0.4, 0.5) is 5.69 Å². The summed E-state index contributed by atoms with van der Waals surface area (Å²) >= 11 is 0. The maximum absolute atomic E-state index is 13.2. The smallest absolute Gasteiger partial charge is 0.355 e. The summed E-state index contributed by atoms with van der Waals surface area (Å²) in [5, 5.41) is 7.64. The Balaban J connectivity index is 2.04. The van der Waals surface area contributed by atoms with Crippen molar-refractivity contribution in [2.24, 2.45) is 0 Å². The largest absolute Gasteiger partial charge is 0.497 e. The molecule has 1 aromatic heterocycles. The predicted molar refractivity (Wildman–Crippen MR) is 119 cm³/mol. The van der Waals surface area contributed by atoms with Crippen LogP contribution in [-0.2, 0) is 24.7 Å². The summed E-state index contributed by atoms with van der Waals surface area (Å²) in [4.78, 5) is 42.9. The highest BCUT2D eigenvalue weighted by Gasteiger charge is 2.50. The minimum Gasteiger partial charge on any atom is -0.497 e. The molecule has 0 saturated carbocycles. The van der Waals surface area contributed by atoms with Crippen LogP contribution in [0.5, 0.6) is 5.75 Å². The van der Waals surface area contributed by atoms with Gasteiger partial charge in [-0.2, -0.15) is 10.1 Å². The summed E-state index contributed by atoms with van der Waals surface area (Å²) in [6.07, 6.45) is -0.448. The summed E-state index contributed by atoms with van der Waals surface area (Å²) in [6, 6.07) is 12.1. The second kappa shape index (κ2) is 8.38. The molecule has 0 amide bonds. The fourth-order valence-corrected chi connectivity index (χ4v) is 3.82. The van der Waals surface area contributed by atoms with Crippen molar-refractivity contribution in [3.8, 4) is 28.4 Å². The molecule has 4 rings (SSSR count). The number of hydrogen-bond acceptors (Lipinski definition) is 9. The minimum atomic E-state index is -1.82. The molecule has 1 aliphatic heterocycles. The van der Waals surface area contributed by atoms with Gasteiger partial charge in [0.05, 0.1) is 27.0 Å². The molecule has 0 saturated heterocycles. The first-order valence-corrected chi connectivity index (χ1v) is 10.0. The number of benzene rings is 2. The summed E-state index contributed by atoms with van der Waals surface area (Å²) < 4.78 is 16.3. The van der Waals surface area contributed by atoms with Gasteiger partial charge in [-0.3, -0.25) is 9.59 Å². The van der Waals surface area contributed by atoms with Gasteiger partial charge in [0.25, 0.3) is 5.56 Å². The number of nitrogens with zero attached hydrogens (tertiary/aromatic N) is 3. The zero-order valence-electron chi connectivity index (χ0n) is 18.5. The Morgan fingerprint density at radius 1 is 1.06 bits per heavy atom. The summed E-state index contributed by atoms with van der Waals surface area (Å²) in [7, 11) is 3.96. The molecule has 0 spiro atoms. The number of aryl methyl sites for hydroxylation is 1. The van der Waals surface area contributed by atoms with Gasteiger partial charge in [0.1, 0.15) is 12.2 Å². The highest BCUT2D eigenvalue weighted by Crippen LogP contribution is 2.41. The van der Waals surface area contributed by atoms with E-state index in [1.54, 1.807) is 36.4 Å². The van der Waals surface area contributed by atoms with E-state index in [1.165, 1.54) is 26.0 Å². The molecule has 170 valence electrons. The van der Waals surface area contributed by atoms with Crippen LogP contribution in [0.1, 0.15) is 12.0 Å². The van der Waals surface area contributed by atoms with Crippen molar-refractivity contribution in [3.63, 3.8) is 0 Å². The lowest BCUT2D eigenvalue weighted by atomic mass is 9.97. The first-order chi connectivity index (χ1) is 15.8. The number of carbonyl (C=O) groups excluding carboxylic acids is 2. The van der Waals surface area contributed by atoms with Crippen LogP contribution in [0.3, 0.4) is 0 Å². The number of rotatable bonds is 5. The second-order valence-corrected chi connectivity index (χ2v) is 7.46. The van der Waals surface area contributed by atoms with Gasteiger partial charge >= 0.3 is 11.9 Å². The van der Waals surface area contributed by atoms with Gasteiger partial charge in [-0.1, -0.05) is 12.1 Å². The molecule has 0 aliphatic carbocycles.